The minimum atomic E-state index is 0.502. The molecule has 1 heterocycles. The summed E-state index contributed by atoms with van der Waals surface area (Å²) in [5.74, 6) is 0.623. The van der Waals surface area contributed by atoms with Gasteiger partial charge in [0.25, 0.3) is 0 Å². The zero-order valence-electron chi connectivity index (χ0n) is 7.38. The average Bonchev–Trinajstić information content (AvgIpc) is 2.06. The van der Waals surface area contributed by atoms with Crippen LogP contribution in [0.15, 0.2) is 0 Å². The minimum Gasteiger partial charge on any atom is -0.378 e. The molecule has 0 spiro atoms. The summed E-state index contributed by atoms with van der Waals surface area (Å²) in [5.41, 5.74) is 5.53. The smallest absolute Gasteiger partial charge is 0.0578 e. The third-order valence-electron chi connectivity index (χ3n) is 2.34. The third kappa shape index (κ3) is 3.21. The number of ether oxygens (including phenoxy) is 1. The van der Waals surface area contributed by atoms with Crippen LogP contribution in [0.25, 0.3) is 0 Å². The normalized spacial score (nSPS) is 28.4. The van der Waals surface area contributed by atoms with Crippen LogP contribution in [0.2, 0.25) is 0 Å². The van der Waals surface area contributed by atoms with Crippen LogP contribution in [0, 0.1) is 5.92 Å². The van der Waals surface area contributed by atoms with E-state index in [-0.39, 0.29) is 0 Å². The molecule has 0 saturated carbocycles. The van der Waals surface area contributed by atoms with Gasteiger partial charge in [0.15, 0.2) is 0 Å². The Morgan fingerprint density at radius 1 is 1.55 bits per heavy atom. The molecule has 1 saturated heterocycles. The van der Waals surface area contributed by atoms with Crippen molar-refractivity contribution in [3.63, 3.8) is 0 Å². The predicted octanol–water partition coefficient (Wildman–Crippen LogP) is 1.54. The second-order valence-electron chi connectivity index (χ2n) is 3.57. The molecule has 0 bridgehead atoms. The Labute approximate surface area is 69.1 Å². The van der Waals surface area contributed by atoms with Crippen LogP contribution in [0.5, 0.6) is 0 Å². The summed E-state index contributed by atoms with van der Waals surface area (Å²) in [5, 5.41) is 0. The molecule has 0 aromatic carbocycles. The summed E-state index contributed by atoms with van der Waals surface area (Å²) in [6.45, 7) is 3.94. The van der Waals surface area contributed by atoms with Gasteiger partial charge in [0, 0.05) is 6.61 Å². The standard InChI is InChI=1S/C9H19NO/c1-8(7-10)6-9-4-2-3-5-11-9/h8-9H,2-7,10H2,1H3. The van der Waals surface area contributed by atoms with Gasteiger partial charge in [-0.2, -0.15) is 0 Å². The monoisotopic (exact) mass is 157 g/mol. The molecule has 2 nitrogen and oxygen atoms in total. The highest BCUT2D eigenvalue weighted by Crippen LogP contribution is 2.18. The average molecular weight is 157 g/mol. The van der Waals surface area contributed by atoms with E-state index in [1.165, 1.54) is 19.3 Å². The summed E-state index contributed by atoms with van der Waals surface area (Å²) >= 11 is 0. The van der Waals surface area contributed by atoms with Crippen LogP contribution in [0.4, 0.5) is 0 Å². The third-order valence-corrected chi connectivity index (χ3v) is 2.34. The first-order valence-corrected chi connectivity index (χ1v) is 4.64. The summed E-state index contributed by atoms with van der Waals surface area (Å²) in [6, 6.07) is 0. The van der Waals surface area contributed by atoms with Crippen LogP contribution < -0.4 is 5.73 Å². The van der Waals surface area contributed by atoms with Crippen molar-refractivity contribution in [2.75, 3.05) is 13.2 Å². The first-order valence-electron chi connectivity index (χ1n) is 4.64. The first-order chi connectivity index (χ1) is 5.33. The van der Waals surface area contributed by atoms with Gasteiger partial charge in [-0.1, -0.05) is 6.92 Å². The van der Waals surface area contributed by atoms with Gasteiger partial charge in [-0.05, 0) is 38.1 Å². The van der Waals surface area contributed by atoms with Gasteiger partial charge in [-0.25, -0.2) is 0 Å². The zero-order chi connectivity index (χ0) is 8.10. The molecule has 1 aliphatic rings. The van der Waals surface area contributed by atoms with E-state index in [1.54, 1.807) is 0 Å². The van der Waals surface area contributed by atoms with Crippen LogP contribution in [0.3, 0.4) is 0 Å². The molecule has 2 atom stereocenters. The summed E-state index contributed by atoms with van der Waals surface area (Å²) in [7, 11) is 0. The minimum absolute atomic E-state index is 0.502. The van der Waals surface area contributed by atoms with Gasteiger partial charge in [0.1, 0.15) is 0 Å². The molecule has 1 aliphatic heterocycles. The second kappa shape index (κ2) is 4.73. The number of nitrogens with two attached hydrogens (primary N) is 1. The fraction of sp³-hybridized carbons (Fsp3) is 1.00. The van der Waals surface area contributed by atoms with E-state index in [9.17, 15) is 0 Å². The van der Waals surface area contributed by atoms with E-state index in [1.807, 2.05) is 0 Å². The maximum absolute atomic E-state index is 5.59. The molecule has 0 amide bonds. The van der Waals surface area contributed by atoms with Crippen molar-refractivity contribution in [1.29, 1.82) is 0 Å². The van der Waals surface area contributed by atoms with Gasteiger partial charge in [-0.15, -0.1) is 0 Å². The van der Waals surface area contributed by atoms with Gasteiger partial charge < -0.3 is 10.5 Å². The summed E-state index contributed by atoms with van der Waals surface area (Å²) < 4.78 is 5.59. The molecule has 0 aromatic rings. The molecule has 0 aliphatic carbocycles. The molecular formula is C9H19NO. The molecule has 11 heavy (non-hydrogen) atoms. The lowest BCUT2D eigenvalue weighted by molar-refractivity contribution is 0.00351. The Morgan fingerprint density at radius 3 is 2.91 bits per heavy atom. The Bertz CT molecular complexity index is 99.7. The van der Waals surface area contributed by atoms with E-state index < -0.39 is 0 Å². The highest BCUT2D eigenvalue weighted by molar-refractivity contribution is 4.67. The van der Waals surface area contributed by atoms with Gasteiger partial charge >= 0.3 is 0 Å². The van der Waals surface area contributed by atoms with Crippen molar-refractivity contribution in [2.45, 2.75) is 38.7 Å². The van der Waals surface area contributed by atoms with Crippen molar-refractivity contribution in [3.05, 3.63) is 0 Å². The Hall–Kier alpha value is -0.0800. The molecule has 1 rings (SSSR count). The van der Waals surface area contributed by atoms with E-state index in [2.05, 4.69) is 6.92 Å². The Morgan fingerprint density at radius 2 is 2.36 bits per heavy atom. The molecule has 66 valence electrons. The largest absolute Gasteiger partial charge is 0.378 e. The fourth-order valence-corrected chi connectivity index (χ4v) is 1.54. The maximum Gasteiger partial charge on any atom is 0.0578 e. The number of hydrogen-bond donors (Lipinski definition) is 1. The molecule has 2 unspecified atom stereocenters. The van der Waals surface area contributed by atoms with E-state index >= 15 is 0 Å². The van der Waals surface area contributed by atoms with Crippen LogP contribution in [-0.2, 0) is 4.74 Å². The maximum atomic E-state index is 5.59. The van der Waals surface area contributed by atoms with Crippen molar-refractivity contribution in [1.82, 2.24) is 0 Å². The SMILES string of the molecule is CC(CN)CC1CCCCO1. The highest BCUT2D eigenvalue weighted by atomic mass is 16.5. The van der Waals surface area contributed by atoms with Crippen molar-refractivity contribution in [2.24, 2.45) is 11.7 Å². The topological polar surface area (TPSA) is 35.2 Å². The predicted molar refractivity (Wildman–Crippen MR) is 46.4 cm³/mol. The summed E-state index contributed by atoms with van der Waals surface area (Å²) in [4.78, 5) is 0. The zero-order valence-corrected chi connectivity index (χ0v) is 7.38. The number of hydrogen-bond acceptors (Lipinski definition) is 2. The highest BCUT2D eigenvalue weighted by Gasteiger charge is 2.15. The van der Waals surface area contributed by atoms with Gasteiger partial charge in [-0.3, -0.25) is 0 Å². The van der Waals surface area contributed by atoms with E-state index in [0.717, 1.165) is 19.6 Å². The molecule has 0 radical (unpaired) electrons. The Balaban J connectivity index is 2.13. The molecular weight excluding hydrogens is 138 g/mol. The van der Waals surface area contributed by atoms with Gasteiger partial charge in [0.2, 0.25) is 0 Å². The molecule has 2 heteroatoms. The first kappa shape index (κ1) is 9.01. The quantitative estimate of drug-likeness (QED) is 0.674. The van der Waals surface area contributed by atoms with E-state index in [0.29, 0.717) is 12.0 Å². The summed E-state index contributed by atoms with van der Waals surface area (Å²) in [6.07, 6.45) is 5.47. The van der Waals surface area contributed by atoms with Gasteiger partial charge in [0.05, 0.1) is 6.10 Å². The lowest BCUT2D eigenvalue weighted by atomic mass is 9.98. The van der Waals surface area contributed by atoms with Crippen LogP contribution in [0.1, 0.15) is 32.6 Å². The Kier molecular flexibility index (Phi) is 3.87. The lowest BCUT2D eigenvalue weighted by Crippen LogP contribution is -2.24. The molecule has 0 aromatic heterocycles. The van der Waals surface area contributed by atoms with E-state index in [4.69, 9.17) is 10.5 Å². The van der Waals surface area contributed by atoms with Crippen LogP contribution in [-0.4, -0.2) is 19.3 Å². The fourth-order valence-electron chi connectivity index (χ4n) is 1.54. The van der Waals surface area contributed by atoms with Crippen LogP contribution >= 0.6 is 0 Å². The number of rotatable bonds is 3. The lowest BCUT2D eigenvalue weighted by Gasteiger charge is -2.24. The van der Waals surface area contributed by atoms with Crippen molar-refractivity contribution >= 4 is 0 Å². The second-order valence-corrected chi connectivity index (χ2v) is 3.57. The van der Waals surface area contributed by atoms with Crippen molar-refractivity contribution in [3.8, 4) is 0 Å². The van der Waals surface area contributed by atoms with Crippen molar-refractivity contribution < 1.29 is 4.74 Å². The molecule has 2 N–H and O–H groups in total. The molecule has 1 fully saturated rings.